The molecule has 3 nitrogen and oxygen atoms in total. The fourth-order valence-corrected chi connectivity index (χ4v) is 2.01. The minimum atomic E-state index is -0.450. The summed E-state index contributed by atoms with van der Waals surface area (Å²) in [7, 11) is 0. The number of aliphatic hydroxyl groups is 1. The fraction of sp³-hybridized carbons (Fsp3) is 0.250. The molecule has 4 N–H and O–H groups in total. The fourth-order valence-electron chi connectivity index (χ4n) is 2.01. The van der Waals surface area contributed by atoms with E-state index >= 15 is 0 Å². The Labute approximate surface area is 126 Å². The minimum Gasteiger partial charge on any atom is -0.399 e. The van der Waals surface area contributed by atoms with E-state index in [9.17, 15) is 5.11 Å². The number of hydrogen-bond donors (Lipinski definition) is 3. The van der Waals surface area contributed by atoms with Crippen molar-refractivity contribution in [3.63, 3.8) is 0 Å². The van der Waals surface area contributed by atoms with E-state index in [0.29, 0.717) is 0 Å². The molecule has 0 aromatic heterocycles. The number of rotatable bonds is 4. The van der Waals surface area contributed by atoms with Crippen LogP contribution in [-0.2, 0) is 0 Å². The molecule has 0 aliphatic rings. The first kappa shape index (κ1) is 16.3. The molecule has 2 atom stereocenters. The predicted octanol–water partition coefficient (Wildman–Crippen LogP) is 3.92. The molecule has 0 radical (unpaired) electrons. The molecule has 20 heavy (non-hydrogen) atoms. The Balaban J connectivity index is 0.00000200. The summed E-state index contributed by atoms with van der Waals surface area (Å²) < 4.78 is 0. The monoisotopic (exact) mass is 292 g/mol. The highest BCUT2D eigenvalue weighted by Crippen LogP contribution is 2.22. The van der Waals surface area contributed by atoms with Gasteiger partial charge in [-0.3, -0.25) is 0 Å². The molecule has 2 rings (SSSR count). The van der Waals surface area contributed by atoms with Crippen molar-refractivity contribution in [1.82, 2.24) is 0 Å². The van der Waals surface area contributed by atoms with Gasteiger partial charge in [0.1, 0.15) is 0 Å². The first-order valence-electron chi connectivity index (χ1n) is 6.46. The second-order valence-electron chi connectivity index (χ2n) is 4.83. The summed E-state index contributed by atoms with van der Waals surface area (Å²) in [6, 6.07) is 15.9. The maximum atomic E-state index is 9.59. The standard InChI is InChI=1S/C16H20N2O.ClH/c1-11(13-6-8-15(17)9-7-13)18-16-5-3-4-14(10-16)12(2)19;/h3-12,18-19H,17H2,1-2H3;1H. The average Bonchev–Trinajstić information content (AvgIpc) is 2.39. The Morgan fingerprint density at radius 3 is 2.25 bits per heavy atom. The molecule has 0 amide bonds. The normalized spacial score (nSPS) is 13.2. The molecule has 0 heterocycles. The lowest BCUT2D eigenvalue weighted by Gasteiger charge is -2.17. The van der Waals surface area contributed by atoms with Crippen molar-refractivity contribution in [3.8, 4) is 0 Å². The molecular weight excluding hydrogens is 272 g/mol. The molecule has 2 aromatic carbocycles. The molecular formula is C16H21ClN2O. The molecule has 4 heteroatoms. The number of nitrogens with two attached hydrogens (primary N) is 1. The van der Waals surface area contributed by atoms with Crippen LogP contribution in [0.2, 0.25) is 0 Å². The molecule has 2 unspecified atom stereocenters. The van der Waals surface area contributed by atoms with Crippen molar-refractivity contribution in [1.29, 1.82) is 0 Å². The van der Waals surface area contributed by atoms with Crippen LogP contribution in [0.15, 0.2) is 48.5 Å². The Kier molecular flexibility index (Phi) is 5.86. The lowest BCUT2D eigenvalue weighted by atomic mass is 10.1. The van der Waals surface area contributed by atoms with Crippen molar-refractivity contribution < 1.29 is 5.11 Å². The van der Waals surface area contributed by atoms with Gasteiger partial charge < -0.3 is 16.2 Å². The van der Waals surface area contributed by atoms with Crippen LogP contribution in [0.1, 0.15) is 37.1 Å². The predicted molar refractivity (Wildman–Crippen MR) is 87.2 cm³/mol. The number of nitrogen functional groups attached to an aromatic ring is 1. The Morgan fingerprint density at radius 1 is 1.00 bits per heavy atom. The van der Waals surface area contributed by atoms with E-state index in [1.165, 1.54) is 5.56 Å². The third-order valence-corrected chi connectivity index (χ3v) is 3.19. The second kappa shape index (κ2) is 7.17. The van der Waals surface area contributed by atoms with E-state index in [1.54, 1.807) is 6.92 Å². The highest BCUT2D eigenvalue weighted by molar-refractivity contribution is 5.85. The zero-order valence-corrected chi connectivity index (χ0v) is 12.5. The van der Waals surface area contributed by atoms with Gasteiger partial charge in [-0.25, -0.2) is 0 Å². The van der Waals surface area contributed by atoms with Gasteiger partial charge in [-0.2, -0.15) is 0 Å². The summed E-state index contributed by atoms with van der Waals surface area (Å²) in [6.45, 7) is 3.86. The minimum absolute atomic E-state index is 0. The van der Waals surface area contributed by atoms with Crippen LogP contribution >= 0.6 is 12.4 Å². The van der Waals surface area contributed by atoms with Crippen LogP contribution < -0.4 is 11.1 Å². The summed E-state index contributed by atoms with van der Waals surface area (Å²) in [4.78, 5) is 0. The van der Waals surface area contributed by atoms with Crippen molar-refractivity contribution in [2.75, 3.05) is 11.1 Å². The van der Waals surface area contributed by atoms with Crippen molar-refractivity contribution in [2.24, 2.45) is 0 Å². The number of hydrogen-bond acceptors (Lipinski definition) is 3. The average molecular weight is 293 g/mol. The van der Waals surface area contributed by atoms with Crippen LogP contribution in [0, 0.1) is 0 Å². The summed E-state index contributed by atoms with van der Waals surface area (Å²) in [5.74, 6) is 0. The zero-order chi connectivity index (χ0) is 13.8. The number of halogens is 1. The topological polar surface area (TPSA) is 58.3 Å². The number of aliphatic hydroxyl groups excluding tert-OH is 1. The van der Waals surface area contributed by atoms with Gasteiger partial charge in [0.05, 0.1) is 6.10 Å². The third kappa shape index (κ3) is 4.15. The van der Waals surface area contributed by atoms with E-state index in [2.05, 4.69) is 12.2 Å². The van der Waals surface area contributed by atoms with Crippen molar-refractivity contribution >= 4 is 23.8 Å². The lowest BCUT2D eigenvalue weighted by molar-refractivity contribution is 0.199. The first-order valence-corrected chi connectivity index (χ1v) is 6.46. The lowest BCUT2D eigenvalue weighted by Crippen LogP contribution is -2.07. The van der Waals surface area contributed by atoms with Gasteiger partial charge >= 0.3 is 0 Å². The quantitative estimate of drug-likeness (QED) is 0.749. The molecule has 0 saturated carbocycles. The van der Waals surface area contributed by atoms with Gasteiger partial charge in [0.15, 0.2) is 0 Å². The maximum absolute atomic E-state index is 9.59. The molecule has 0 bridgehead atoms. The molecule has 2 aromatic rings. The summed E-state index contributed by atoms with van der Waals surface area (Å²) in [5, 5.41) is 13.0. The highest BCUT2D eigenvalue weighted by Gasteiger charge is 2.06. The molecule has 0 fully saturated rings. The number of anilines is 2. The van der Waals surface area contributed by atoms with E-state index < -0.39 is 6.10 Å². The maximum Gasteiger partial charge on any atom is 0.0762 e. The molecule has 0 saturated heterocycles. The van der Waals surface area contributed by atoms with Crippen LogP contribution in [-0.4, -0.2) is 5.11 Å². The highest BCUT2D eigenvalue weighted by atomic mass is 35.5. The SMILES string of the molecule is CC(O)c1cccc(NC(C)c2ccc(N)cc2)c1.Cl. The zero-order valence-electron chi connectivity index (χ0n) is 11.7. The Hall–Kier alpha value is -1.71. The van der Waals surface area contributed by atoms with Gasteiger partial charge in [-0.15, -0.1) is 12.4 Å². The second-order valence-corrected chi connectivity index (χ2v) is 4.83. The summed E-state index contributed by atoms with van der Waals surface area (Å²) in [5.41, 5.74) is 9.55. The summed E-state index contributed by atoms with van der Waals surface area (Å²) >= 11 is 0. The largest absolute Gasteiger partial charge is 0.399 e. The van der Waals surface area contributed by atoms with Crippen molar-refractivity contribution in [3.05, 3.63) is 59.7 Å². The molecule has 0 aliphatic heterocycles. The third-order valence-electron chi connectivity index (χ3n) is 3.19. The van der Waals surface area contributed by atoms with Crippen LogP contribution in [0.5, 0.6) is 0 Å². The van der Waals surface area contributed by atoms with E-state index in [0.717, 1.165) is 16.9 Å². The van der Waals surface area contributed by atoms with Crippen LogP contribution in [0.3, 0.4) is 0 Å². The Morgan fingerprint density at radius 2 is 1.65 bits per heavy atom. The van der Waals surface area contributed by atoms with Gasteiger partial charge in [0.25, 0.3) is 0 Å². The van der Waals surface area contributed by atoms with Gasteiger partial charge in [-0.05, 0) is 49.2 Å². The Bertz CT molecular complexity index is 540. The van der Waals surface area contributed by atoms with E-state index in [4.69, 9.17) is 5.73 Å². The molecule has 0 spiro atoms. The van der Waals surface area contributed by atoms with Gasteiger partial charge in [-0.1, -0.05) is 24.3 Å². The smallest absolute Gasteiger partial charge is 0.0762 e. The number of benzene rings is 2. The first-order chi connectivity index (χ1) is 9.06. The van der Waals surface area contributed by atoms with Crippen molar-refractivity contribution in [2.45, 2.75) is 26.0 Å². The van der Waals surface area contributed by atoms with Crippen LogP contribution in [0.4, 0.5) is 11.4 Å². The van der Waals surface area contributed by atoms with Gasteiger partial charge in [0, 0.05) is 17.4 Å². The van der Waals surface area contributed by atoms with E-state index in [1.807, 2.05) is 48.5 Å². The number of nitrogens with one attached hydrogen (secondary N) is 1. The van der Waals surface area contributed by atoms with Crippen LogP contribution in [0.25, 0.3) is 0 Å². The molecule has 0 aliphatic carbocycles. The molecule has 108 valence electrons. The van der Waals surface area contributed by atoms with E-state index in [-0.39, 0.29) is 18.4 Å². The van der Waals surface area contributed by atoms with Gasteiger partial charge in [0.2, 0.25) is 0 Å². The summed E-state index contributed by atoms with van der Waals surface area (Å²) in [6.07, 6.45) is -0.450.